The second kappa shape index (κ2) is 5.32. The minimum Gasteiger partial charge on any atom is -0.316 e. The summed E-state index contributed by atoms with van der Waals surface area (Å²) in [5, 5.41) is 8.86. The predicted molar refractivity (Wildman–Crippen MR) is 72.5 cm³/mol. The van der Waals surface area contributed by atoms with Crippen LogP contribution in [0, 0.1) is 0 Å². The summed E-state index contributed by atoms with van der Waals surface area (Å²) in [6.07, 6.45) is 1.83. The number of carbonyl (C=O) groups excluding carboxylic acids is 1. The molecule has 3 N–H and O–H groups in total. The van der Waals surface area contributed by atoms with Gasteiger partial charge in [0, 0.05) is 23.2 Å². The van der Waals surface area contributed by atoms with Crippen molar-refractivity contribution in [1.29, 1.82) is 0 Å². The molecule has 0 aliphatic carbocycles. The zero-order valence-electron chi connectivity index (χ0n) is 10.3. The molecular weight excluding hydrogens is 248 g/mol. The minimum atomic E-state index is -0.644. The molecule has 96 valence electrons. The quantitative estimate of drug-likeness (QED) is 0.888. The predicted octanol–water partition coefficient (Wildman–Crippen LogP) is 2.16. The first-order chi connectivity index (χ1) is 8.58. The van der Waals surface area contributed by atoms with Crippen molar-refractivity contribution in [3.8, 4) is 0 Å². The molecule has 0 aromatic carbocycles. The van der Waals surface area contributed by atoms with E-state index in [1.54, 1.807) is 10.7 Å². The standard InChI is InChI=1S/C12H16N4OS/c1-8(2)16-6-5-10(15-16)14-12(17)11(13)9-4-3-7-18-9/h3-8,11H,13H2,1-2H3,(H,14,15,17). The highest BCUT2D eigenvalue weighted by molar-refractivity contribution is 7.10. The van der Waals surface area contributed by atoms with E-state index in [9.17, 15) is 4.79 Å². The molecule has 2 rings (SSSR count). The molecule has 0 bridgehead atoms. The van der Waals surface area contributed by atoms with Crippen molar-refractivity contribution in [3.05, 3.63) is 34.7 Å². The Bertz CT molecular complexity index is 518. The largest absolute Gasteiger partial charge is 0.316 e. The Morgan fingerprint density at radius 1 is 1.50 bits per heavy atom. The van der Waals surface area contributed by atoms with Gasteiger partial charge in [-0.25, -0.2) is 0 Å². The van der Waals surface area contributed by atoms with Crippen LogP contribution in [0.3, 0.4) is 0 Å². The van der Waals surface area contributed by atoms with E-state index in [2.05, 4.69) is 10.4 Å². The molecule has 2 aromatic heterocycles. The molecule has 18 heavy (non-hydrogen) atoms. The summed E-state index contributed by atoms with van der Waals surface area (Å²) in [6.45, 7) is 4.05. The normalized spacial score (nSPS) is 12.7. The number of carbonyl (C=O) groups is 1. The third kappa shape index (κ3) is 2.77. The SMILES string of the molecule is CC(C)n1ccc(NC(=O)C(N)c2cccs2)n1. The van der Waals surface area contributed by atoms with E-state index in [-0.39, 0.29) is 11.9 Å². The van der Waals surface area contributed by atoms with Crippen LogP contribution in [-0.4, -0.2) is 15.7 Å². The van der Waals surface area contributed by atoms with E-state index in [1.807, 2.05) is 37.6 Å². The monoisotopic (exact) mass is 264 g/mol. The second-order valence-corrected chi connectivity index (χ2v) is 5.24. The fraction of sp³-hybridized carbons (Fsp3) is 0.333. The maximum atomic E-state index is 11.9. The average molecular weight is 264 g/mol. The zero-order valence-corrected chi connectivity index (χ0v) is 11.1. The Morgan fingerprint density at radius 3 is 2.83 bits per heavy atom. The lowest BCUT2D eigenvalue weighted by Crippen LogP contribution is -2.27. The first-order valence-corrected chi connectivity index (χ1v) is 6.61. The first-order valence-electron chi connectivity index (χ1n) is 5.73. The van der Waals surface area contributed by atoms with Crippen molar-refractivity contribution in [2.75, 3.05) is 5.32 Å². The van der Waals surface area contributed by atoms with Crippen LogP contribution in [0.5, 0.6) is 0 Å². The van der Waals surface area contributed by atoms with Crippen LogP contribution in [0.2, 0.25) is 0 Å². The summed E-state index contributed by atoms with van der Waals surface area (Å²) < 4.78 is 1.78. The van der Waals surface area contributed by atoms with Crippen LogP contribution in [0.1, 0.15) is 30.8 Å². The molecular formula is C12H16N4OS. The molecule has 0 radical (unpaired) electrons. The highest BCUT2D eigenvalue weighted by Gasteiger charge is 2.17. The molecule has 2 heterocycles. The van der Waals surface area contributed by atoms with Gasteiger partial charge in [0.1, 0.15) is 6.04 Å². The van der Waals surface area contributed by atoms with Crippen molar-refractivity contribution < 1.29 is 4.79 Å². The molecule has 0 saturated carbocycles. The molecule has 5 nitrogen and oxygen atoms in total. The molecule has 0 fully saturated rings. The second-order valence-electron chi connectivity index (χ2n) is 4.26. The van der Waals surface area contributed by atoms with Crippen LogP contribution in [-0.2, 0) is 4.79 Å². The highest BCUT2D eigenvalue weighted by Crippen LogP contribution is 2.18. The highest BCUT2D eigenvalue weighted by atomic mass is 32.1. The summed E-state index contributed by atoms with van der Waals surface area (Å²) in [4.78, 5) is 12.8. The van der Waals surface area contributed by atoms with Crippen molar-refractivity contribution in [2.45, 2.75) is 25.9 Å². The number of rotatable bonds is 4. The molecule has 0 aliphatic heterocycles. The van der Waals surface area contributed by atoms with Crippen LogP contribution in [0.25, 0.3) is 0 Å². The van der Waals surface area contributed by atoms with E-state index in [0.29, 0.717) is 5.82 Å². The van der Waals surface area contributed by atoms with E-state index >= 15 is 0 Å². The van der Waals surface area contributed by atoms with E-state index in [4.69, 9.17) is 5.73 Å². The van der Waals surface area contributed by atoms with Crippen LogP contribution >= 0.6 is 11.3 Å². The Kier molecular flexibility index (Phi) is 3.78. The van der Waals surface area contributed by atoms with Gasteiger partial charge in [-0.1, -0.05) is 6.07 Å². The number of thiophene rings is 1. The van der Waals surface area contributed by atoms with Crippen LogP contribution in [0.4, 0.5) is 5.82 Å². The molecule has 0 spiro atoms. The minimum absolute atomic E-state index is 0.244. The summed E-state index contributed by atoms with van der Waals surface area (Å²) >= 11 is 1.47. The Hall–Kier alpha value is -1.66. The molecule has 6 heteroatoms. The van der Waals surface area contributed by atoms with E-state index < -0.39 is 6.04 Å². The Morgan fingerprint density at radius 2 is 2.28 bits per heavy atom. The lowest BCUT2D eigenvalue weighted by molar-refractivity contribution is -0.117. The number of hydrogen-bond donors (Lipinski definition) is 2. The van der Waals surface area contributed by atoms with Gasteiger partial charge in [-0.15, -0.1) is 11.3 Å². The summed E-state index contributed by atoms with van der Waals surface area (Å²) in [5.74, 6) is 0.284. The van der Waals surface area contributed by atoms with E-state index in [0.717, 1.165) is 4.88 Å². The molecule has 0 saturated heterocycles. The van der Waals surface area contributed by atoms with Crippen molar-refractivity contribution in [3.63, 3.8) is 0 Å². The Labute approximate surface area is 110 Å². The third-order valence-electron chi connectivity index (χ3n) is 2.52. The van der Waals surface area contributed by atoms with Gasteiger partial charge < -0.3 is 11.1 Å². The van der Waals surface area contributed by atoms with Gasteiger partial charge in [-0.3, -0.25) is 9.48 Å². The van der Waals surface area contributed by atoms with Crippen molar-refractivity contribution >= 4 is 23.1 Å². The summed E-state index contributed by atoms with van der Waals surface area (Å²) in [6, 6.07) is 5.11. The lowest BCUT2D eigenvalue weighted by Gasteiger charge is -2.09. The topological polar surface area (TPSA) is 72.9 Å². The van der Waals surface area contributed by atoms with Crippen LogP contribution < -0.4 is 11.1 Å². The summed E-state index contributed by atoms with van der Waals surface area (Å²) in [5.41, 5.74) is 5.86. The van der Waals surface area contributed by atoms with Gasteiger partial charge in [0.15, 0.2) is 5.82 Å². The number of nitrogens with one attached hydrogen (secondary N) is 1. The number of hydrogen-bond acceptors (Lipinski definition) is 4. The van der Waals surface area contributed by atoms with Gasteiger partial charge in [0.2, 0.25) is 5.91 Å². The molecule has 1 unspecified atom stereocenters. The maximum Gasteiger partial charge on any atom is 0.247 e. The van der Waals surface area contributed by atoms with Crippen LogP contribution in [0.15, 0.2) is 29.8 Å². The number of amides is 1. The molecule has 2 aromatic rings. The van der Waals surface area contributed by atoms with E-state index in [1.165, 1.54) is 11.3 Å². The number of nitrogens with zero attached hydrogens (tertiary/aromatic N) is 2. The molecule has 1 atom stereocenters. The van der Waals surface area contributed by atoms with Gasteiger partial charge in [0.05, 0.1) is 0 Å². The Balaban J connectivity index is 2.02. The third-order valence-corrected chi connectivity index (χ3v) is 3.48. The number of anilines is 1. The van der Waals surface area contributed by atoms with Gasteiger partial charge in [0.25, 0.3) is 0 Å². The van der Waals surface area contributed by atoms with Gasteiger partial charge in [-0.05, 0) is 25.3 Å². The fourth-order valence-corrected chi connectivity index (χ4v) is 2.22. The van der Waals surface area contributed by atoms with Gasteiger partial charge >= 0.3 is 0 Å². The lowest BCUT2D eigenvalue weighted by atomic mass is 10.2. The fourth-order valence-electron chi connectivity index (χ4n) is 1.49. The van der Waals surface area contributed by atoms with Gasteiger partial charge in [-0.2, -0.15) is 5.10 Å². The average Bonchev–Trinajstić information content (AvgIpc) is 2.98. The van der Waals surface area contributed by atoms with Crippen molar-refractivity contribution in [1.82, 2.24) is 9.78 Å². The number of aromatic nitrogens is 2. The zero-order chi connectivity index (χ0) is 13.1. The molecule has 1 amide bonds. The molecule has 0 aliphatic rings. The number of nitrogens with two attached hydrogens (primary N) is 1. The maximum absolute atomic E-state index is 11.9. The smallest absolute Gasteiger partial charge is 0.247 e. The summed E-state index contributed by atoms with van der Waals surface area (Å²) in [7, 11) is 0. The van der Waals surface area contributed by atoms with Crippen molar-refractivity contribution in [2.24, 2.45) is 5.73 Å². The first kappa shape index (κ1) is 12.8.